The molecular weight excluding hydrogens is 258 g/mol. The van der Waals surface area contributed by atoms with E-state index in [0.717, 1.165) is 18.9 Å². The van der Waals surface area contributed by atoms with E-state index in [1.54, 1.807) is 5.57 Å². The fraction of sp³-hybridized carbons (Fsp3) is 0.579. The van der Waals surface area contributed by atoms with Crippen molar-refractivity contribution >= 4 is 0 Å². The standard InChI is InChI=1S/C19H29NO/c1-3-20-19(16-12-8-6-5-7-9-13-16)17-14-10-11-15-18(17)21-4-2/h10-12,14-15,19-20H,3-9,13H2,1-2H3/b16-12+. The van der Waals surface area contributed by atoms with Gasteiger partial charge in [-0.2, -0.15) is 0 Å². The van der Waals surface area contributed by atoms with Crippen LogP contribution in [0.3, 0.4) is 0 Å². The van der Waals surface area contributed by atoms with Crippen molar-refractivity contribution in [3.8, 4) is 5.75 Å². The Morgan fingerprint density at radius 2 is 1.90 bits per heavy atom. The zero-order chi connectivity index (χ0) is 14.9. The van der Waals surface area contributed by atoms with Gasteiger partial charge in [0.25, 0.3) is 0 Å². The van der Waals surface area contributed by atoms with Crippen LogP contribution in [-0.4, -0.2) is 13.2 Å². The maximum absolute atomic E-state index is 5.84. The monoisotopic (exact) mass is 287 g/mol. The molecule has 0 fully saturated rings. The summed E-state index contributed by atoms with van der Waals surface area (Å²) in [6.07, 6.45) is 10.3. The number of rotatable bonds is 6. The van der Waals surface area contributed by atoms with Crippen molar-refractivity contribution in [3.05, 3.63) is 41.5 Å². The molecule has 0 radical (unpaired) electrons. The van der Waals surface area contributed by atoms with E-state index < -0.39 is 0 Å². The molecule has 21 heavy (non-hydrogen) atoms. The molecule has 1 unspecified atom stereocenters. The topological polar surface area (TPSA) is 21.3 Å². The van der Waals surface area contributed by atoms with E-state index in [2.05, 4.69) is 42.6 Å². The summed E-state index contributed by atoms with van der Waals surface area (Å²) in [4.78, 5) is 0. The predicted octanol–water partition coefficient (Wildman–Crippen LogP) is 5.02. The highest BCUT2D eigenvalue weighted by atomic mass is 16.5. The number of likely N-dealkylation sites (N-methyl/N-ethyl adjacent to an activating group) is 1. The van der Waals surface area contributed by atoms with Crippen molar-refractivity contribution in [3.63, 3.8) is 0 Å². The lowest BCUT2D eigenvalue weighted by atomic mass is 9.90. The number of allylic oxidation sites excluding steroid dienone is 1. The van der Waals surface area contributed by atoms with Gasteiger partial charge in [0.1, 0.15) is 5.75 Å². The summed E-state index contributed by atoms with van der Waals surface area (Å²) < 4.78 is 5.84. The van der Waals surface area contributed by atoms with Gasteiger partial charge in [-0.15, -0.1) is 0 Å². The molecule has 116 valence electrons. The van der Waals surface area contributed by atoms with E-state index in [0.29, 0.717) is 6.04 Å². The lowest BCUT2D eigenvalue weighted by molar-refractivity contribution is 0.333. The van der Waals surface area contributed by atoms with Crippen molar-refractivity contribution in [2.45, 2.75) is 58.4 Å². The molecule has 0 heterocycles. The van der Waals surface area contributed by atoms with Crippen molar-refractivity contribution in [1.29, 1.82) is 0 Å². The second kappa shape index (κ2) is 8.89. The van der Waals surface area contributed by atoms with Gasteiger partial charge in [-0.05, 0) is 45.2 Å². The van der Waals surface area contributed by atoms with Crippen molar-refractivity contribution in [2.75, 3.05) is 13.2 Å². The molecular formula is C19H29NO. The summed E-state index contributed by atoms with van der Waals surface area (Å²) in [7, 11) is 0. The summed E-state index contributed by atoms with van der Waals surface area (Å²) in [5, 5.41) is 3.67. The Morgan fingerprint density at radius 3 is 2.71 bits per heavy atom. The van der Waals surface area contributed by atoms with Crippen LogP contribution in [0.25, 0.3) is 0 Å². The van der Waals surface area contributed by atoms with Crippen LogP contribution < -0.4 is 10.1 Å². The molecule has 0 saturated heterocycles. The van der Waals surface area contributed by atoms with Gasteiger partial charge >= 0.3 is 0 Å². The molecule has 0 aliphatic heterocycles. The second-order valence-electron chi connectivity index (χ2n) is 5.69. The number of hydrogen-bond acceptors (Lipinski definition) is 2. The Kier molecular flexibility index (Phi) is 6.81. The van der Waals surface area contributed by atoms with E-state index in [1.165, 1.54) is 44.1 Å². The Bertz CT molecular complexity index is 453. The molecule has 0 aromatic heterocycles. The van der Waals surface area contributed by atoms with Gasteiger partial charge < -0.3 is 10.1 Å². The Labute approximate surface area is 129 Å². The van der Waals surface area contributed by atoms with E-state index in [9.17, 15) is 0 Å². The molecule has 1 atom stereocenters. The molecule has 1 aliphatic carbocycles. The maximum atomic E-state index is 5.84. The van der Waals surface area contributed by atoms with Crippen molar-refractivity contribution < 1.29 is 4.74 Å². The number of nitrogens with one attached hydrogen (secondary N) is 1. The zero-order valence-corrected chi connectivity index (χ0v) is 13.5. The van der Waals surface area contributed by atoms with E-state index in [-0.39, 0.29) is 0 Å². The molecule has 1 aromatic rings. The molecule has 0 saturated carbocycles. The van der Waals surface area contributed by atoms with Crippen molar-refractivity contribution in [2.24, 2.45) is 0 Å². The molecule has 0 spiro atoms. The Hall–Kier alpha value is -1.28. The second-order valence-corrected chi connectivity index (χ2v) is 5.69. The molecule has 0 amide bonds. The van der Waals surface area contributed by atoms with Crippen LogP contribution in [-0.2, 0) is 0 Å². The lowest BCUT2D eigenvalue weighted by Gasteiger charge is -2.25. The largest absolute Gasteiger partial charge is 0.494 e. The SMILES string of the molecule is CCNC(/C1=C/CCCCCC1)c1ccccc1OCC. The smallest absolute Gasteiger partial charge is 0.124 e. The molecule has 1 aromatic carbocycles. The quantitative estimate of drug-likeness (QED) is 0.742. The number of ether oxygens (including phenoxy) is 1. The maximum Gasteiger partial charge on any atom is 0.124 e. The van der Waals surface area contributed by atoms with Gasteiger partial charge in [-0.1, -0.05) is 49.6 Å². The predicted molar refractivity (Wildman–Crippen MR) is 89.8 cm³/mol. The number of benzene rings is 1. The summed E-state index contributed by atoms with van der Waals surface area (Å²) in [6.45, 7) is 5.92. The van der Waals surface area contributed by atoms with Crippen LogP contribution in [0.5, 0.6) is 5.75 Å². The lowest BCUT2D eigenvalue weighted by Crippen LogP contribution is -2.24. The van der Waals surface area contributed by atoms with Crippen molar-refractivity contribution in [1.82, 2.24) is 5.32 Å². The molecule has 1 N–H and O–H groups in total. The minimum Gasteiger partial charge on any atom is -0.494 e. The van der Waals surface area contributed by atoms with Crippen LogP contribution in [0.4, 0.5) is 0 Å². The van der Waals surface area contributed by atoms with Gasteiger partial charge in [-0.25, -0.2) is 0 Å². The highest BCUT2D eigenvalue weighted by Crippen LogP contribution is 2.33. The first-order valence-electron chi connectivity index (χ1n) is 8.50. The van der Waals surface area contributed by atoms with Gasteiger partial charge in [0.05, 0.1) is 12.6 Å². The average Bonchev–Trinajstić information content (AvgIpc) is 2.46. The van der Waals surface area contributed by atoms with Crippen LogP contribution in [0.15, 0.2) is 35.9 Å². The summed E-state index contributed by atoms with van der Waals surface area (Å²) >= 11 is 0. The first kappa shape index (κ1) is 16.1. The molecule has 1 aliphatic rings. The molecule has 2 rings (SSSR count). The summed E-state index contributed by atoms with van der Waals surface area (Å²) in [5.41, 5.74) is 2.83. The molecule has 0 bridgehead atoms. The van der Waals surface area contributed by atoms with E-state index >= 15 is 0 Å². The first-order chi connectivity index (χ1) is 10.4. The van der Waals surface area contributed by atoms with Gasteiger partial charge in [0, 0.05) is 5.56 Å². The summed E-state index contributed by atoms with van der Waals surface area (Å²) in [6, 6.07) is 8.77. The van der Waals surface area contributed by atoms with Gasteiger partial charge in [0.2, 0.25) is 0 Å². The van der Waals surface area contributed by atoms with Gasteiger partial charge in [-0.3, -0.25) is 0 Å². The third-order valence-electron chi connectivity index (χ3n) is 4.13. The Balaban J connectivity index is 2.28. The van der Waals surface area contributed by atoms with Crippen LogP contribution in [0.1, 0.15) is 64.0 Å². The zero-order valence-electron chi connectivity index (χ0n) is 13.5. The third-order valence-corrected chi connectivity index (χ3v) is 4.13. The van der Waals surface area contributed by atoms with E-state index in [1.807, 2.05) is 6.92 Å². The minimum atomic E-state index is 0.302. The fourth-order valence-electron chi connectivity index (χ4n) is 3.13. The van der Waals surface area contributed by atoms with Crippen LogP contribution in [0, 0.1) is 0 Å². The third kappa shape index (κ3) is 4.60. The number of hydrogen-bond donors (Lipinski definition) is 1. The minimum absolute atomic E-state index is 0.302. The van der Waals surface area contributed by atoms with Crippen LogP contribution in [0.2, 0.25) is 0 Å². The summed E-state index contributed by atoms with van der Waals surface area (Å²) in [5.74, 6) is 1.02. The fourth-order valence-corrected chi connectivity index (χ4v) is 3.13. The number of para-hydroxylation sites is 1. The Morgan fingerprint density at radius 1 is 1.10 bits per heavy atom. The van der Waals surface area contributed by atoms with E-state index in [4.69, 9.17) is 4.74 Å². The molecule has 2 heteroatoms. The highest BCUT2D eigenvalue weighted by molar-refractivity contribution is 5.40. The average molecular weight is 287 g/mol. The van der Waals surface area contributed by atoms with Gasteiger partial charge in [0.15, 0.2) is 0 Å². The highest BCUT2D eigenvalue weighted by Gasteiger charge is 2.19. The normalized spacial score (nSPS) is 20.0. The van der Waals surface area contributed by atoms with Crippen LogP contribution >= 0.6 is 0 Å². The molecule has 2 nitrogen and oxygen atoms in total. The first-order valence-corrected chi connectivity index (χ1v) is 8.50.